The van der Waals surface area contributed by atoms with Crippen molar-refractivity contribution in [3.8, 4) is 11.5 Å². The minimum atomic E-state index is -1.51. The molecule has 0 amide bonds. The molecule has 8 nitrogen and oxygen atoms in total. The molecule has 0 bridgehead atoms. The van der Waals surface area contributed by atoms with E-state index in [9.17, 15) is 20.4 Å². The summed E-state index contributed by atoms with van der Waals surface area (Å²) < 4.78 is 23.8. The van der Waals surface area contributed by atoms with E-state index in [4.69, 9.17) is 18.9 Å². The predicted octanol–water partition coefficient (Wildman–Crippen LogP) is 3.92. The molecule has 1 unspecified atom stereocenters. The van der Waals surface area contributed by atoms with E-state index in [-0.39, 0.29) is 16.7 Å². The molecule has 5 rings (SSSR count). The Morgan fingerprint density at radius 1 is 0.868 bits per heavy atom. The van der Waals surface area contributed by atoms with Crippen LogP contribution in [0.5, 0.6) is 11.5 Å². The van der Waals surface area contributed by atoms with E-state index in [0.717, 1.165) is 55.6 Å². The average molecular weight is 531 g/mol. The number of hydrogen-bond donors (Lipinski definition) is 4. The first-order valence-electron chi connectivity index (χ1n) is 13.7. The van der Waals surface area contributed by atoms with Crippen LogP contribution < -0.4 is 9.47 Å². The zero-order valence-electron chi connectivity index (χ0n) is 23.1. The van der Waals surface area contributed by atoms with Gasteiger partial charge in [0, 0.05) is 18.8 Å². The number of hydrogen-bond acceptors (Lipinski definition) is 8. The number of aliphatic hydroxyl groups excluding tert-OH is 4. The fourth-order valence-corrected chi connectivity index (χ4v) is 6.32. The SMILES string of the molecule is COc1cc(C2C3=C(CC(C)(C)CC3)OC3=C2CCC(C)(C)C3)ccc1O[C@@H]1OC(CO)[C@H](O)[C@H](O)[C@@H]1O. The Labute approximate surface area is 224 Å². The van der Waals surface area contributed by atoms with Crippen LogP contribution in [0.2, 0.25) is 0 Å². The van der Waals surface area contributed by atoms with Crippen LogP contribution in [0.15, 0.2) is 40.9 Å². The van der Waals surface area contributed by atoms with E-state index < -0.39 is 37.3 Å². The van der Waals surface area contributed by atoms with Gasteiger partial charge in [-0.25, -0.2) is 0 Å². The van der Waals surface area contributed by atoms with E-state index >= 15 is 0 Å². The fraction of sp³-hybridized carbons (Fsp3) is 0.667. The lowest BCUT2D eigenvalue weighted by Gasteiger charge is -2.44. The lowest BCUT2D eigenvalue weighted by Crippen LogP contribution is -2.60. The van der Waals surface area contributed by atoms with Gasteiger partial charge in [0.25, 0.3) is 0 Å². The van der Waals surface area contributed by atoms with Crippen molar-refractivity contribution >= 4 is 0 Å². The second kappa shape index (κ2) is 10.1. The molecule has 4 aliphatic rings. The molecule has 1 aromatic rings. The van der Waals surface area contributed by atoms with Gasteiger partial charge >= 0.3 is 0 Å². The Morgan fingerprint density at radius 3 is 2.03 bits per heavy atom. The first kappa shape index (κ1) is 27.5. The van der Waals surface area contributed by atoms with Crippen LogP contribution in [0, 0.1) is 10.8 Å². The molecule has 8 heteroatoms. The van der Waals surface area contributed by atoms with E-state index in [1.54, 1.807) is 13.2 Å². The molecule has 2 heterocycles. The molecular weight excluding hydrogens is 488 g/mol. The largest absolute Gasteiger partial charge is 0.493 e. The zero-order valence-corrected chi connectivity index (χ0v) is 23.1. The van der Waals surface area contributed by atoms with Crippen LogP contribution in [0.1, 0.15) is 77.7 Å². The van der Waals surface area contributed by atoms with Gasteiger partial charge in [0.2, 0.25) is 6.29 Å². The molecule has 0 saturated carbocycles. The summed E-state index contributed by atoms with van der Waals surface area (Å²) in [4.78, 5) is 0. The maximum atomic E-state index is 10.4. The number of allylic oxidation sites excluding steroid dienone is 4. The minimum Gasteiger partial charge on any atom is -0.493 e. The number of rotatable bonds is 5. The molecular formula is C30H42O8. The van der Waals surface area contributed by atoms with E-state index in [2.05, 4.69) is 27.7 Å². The monoisotopic (exact) mass is 530 g/mol. The molecule has 1 fully saturated rings. The van der Waals surface area contributed by atoms with Gasteiger partial charge in [0.15, 0.2) is 11.5 Å². The maximum Gasteiger partial charge on any atom is 0.229 e. The van der Waals surface area contributed by atoms with Gasteiger partial charge in [-0.2, -0.15) is 0 Å². The smallest absolute Gasteiger partial charge is 0.229 e. The van der Waals surface area contributed by atoms with Crippen molar-refractivity contribution in [2.45, 2.75) is 103 Å². The summed E-state index contributed by atoms with van der Waals surface area (Å²) in [5.74, 6) is 3.16. The van der Waals surface area contributed by atoms with E-state index in [1.807, 2.05) is 12.1 Å². The average Bonchev–Trinajstić information content (AvgIpc) is 2.86. The van der Waals surface area contributed by atoms with Crippen molar-refractivity contribution in [3.63, 3.8) is 0 Å². The molecule has 1 aromatic carbocycles. The Morgan fingerprint density at radius 2 is 1.47 bits per heavy atom. The number of ether oxygens (including phenoxy) is 4. The van der Waals surface area contributed by atoms with Gasteiger partial charge in [0.05, 0.1) is 13.7 Å². The van der Waals surface area contributed by atoms with Crippen molar-refractivity contribution in [3.05, 3.63) is 46.4 Å². The zero-order chi connectivity index (χ0) is 27.4. The number of benzene rings is 1. The predicted molar refractivity (Wildman–Crippen MR) is 141 cm³/mol. The minimum absolute atomic E-state index is 0.121. The summed E-state index contributed by atoms with van der Waals surface area (Å²) in [6.07, 6.45) is -0.757. The molecule has 2 aliphatic carbocycles. The second-order valence-corrected chi connectivity index (χ2v) is 12.8. The molecule has 0 aromatic heterocycles. The molecule has 210 valence electrons. The first-order valence-corrected chi connectivity index (χ1v) is 13.7. The highest BCUT2D eigenvalue weighted by Gasteiger charge is 2.45. The first-order chi connectivity index (χ1) is 17.9. The van der Waals surface area contributed by atoms with Crippen LogP contribution in [0.25, 0.3) is 0 Å². The molecule has 2 aliphatic heterocycles. The lowest BCUT2D eigenvalue weighted by atomic mass is 9.66. The summed E-state index contributed by atoms with van der Waals surface area (Å²) in [6.45, 7) is 8.69. The van der Waals surface area contributed by atoms with Gasteiger partial charge in [-0.3, -0.25) is 0 Å². The van der Waals surface area contributed by atoms with Crippen LogP contribution in [-0.4, -0.2) is 64.8 Å². The Hall–Kier alpha value is -2.10. The van der Waals surface area contributed by atoms with Crippen molar-refractivity contribution in [2.75, 3.05) is 13.7 Å². The molecule has 1 saturated heterocycles. The highest BCUT2D eigenvalue weighted by atomic mass is 16.7. The standard InChI is InChI=1S/C30H42O8/c1-29(2)10-8-17-21(13-29)36-22-14-30(3,4)11-9-18(22)24(17)16-6-7-19(20(12-16)35-5)37-28-27(34)26(33)25(32)23(15-31)38-28/h6-7,12,23-28,31-34H,8-11,13-15H2,1-5H3/t23?,25-,26-,27-,28+/m0/s1. The normalized spacial score (nSPS) is 32.8. The van der Waals surface area contributed by atoms with Crippen molar-refractivity contribution < 1.29 is 39.4 Å². The van der Waals surface area contributed by atoms with Crippen LogP contribution in [-0.2, 0) is 9.47 Å². The summed E-state index contributed by atoms with van der Waals surface area (Å²) in [6, 6.07) is 5.79. The Kier molecular flexibility index (Phi) is 7.33. The summed E-state index contributed by atoms with van der Waals surface area (Å²) in [7, 11) is 1.56. The van der Waals surface area contributed by atoms with Crippen LogP contribution in [0.3, 0.4) is 0 Å². The highest BCUT2D eigenvalue weighted by Crippen LogP contribution is 2.55. The van der Waals surface area contributed by atoms with Crippen molar-refractivity contribution in [1.82, 2.24) is 0 Å². The maximum absolute atomic E-state index is 10.4. The summed E-state index contributed by atoms with van der Waals surface area (Å²) in [5.41, 5.74) is 4.21. The molecule has 38 heavy (non-hydrogen) atoms. The summed E-state index contributed by atoms with van der Waals surface area (Å²) in [5, 5.41) is 40.2. The third-order valence-corrected chi connectivity index (χ3v) is 8.69. The Bertz CT molecular complexity index is 1080. The van der Waals surface area contributed by atoms with Gasteiger partial charge in [-0.15, -0.1) is 0 Å². The van der Waals surface area contributed by atoms with Crippen LogP contribution >= 0.6 is 0 Å². The van der Waals surface area contributed by atoms with Gasteiger partial charge in [-0.1, -0.05) is 33.8 Å². The summed E-state index contributed by atoms with van der Waals surface area (Å²) >= 11 is 0. The highest BCUT2D eigenvalue weighted by molar-refractivity contribution is 5.51. The van der Waals surface area contributed by atoms with Gasteiger partial charge in [-0.05, 0) is 65.4 Å². The number of methoxy groups -OCH3 is 1. The second-order valence-electron chi connectivity index (χ2n) is 12.8. The molecule has 0 spiro atoms. The van der Waals surface area contributed by atoms with Crippen molar-refractivity contribution in [1.29, 1.82) is 0 Å². The molecule has 0 radical (unpaired) electrons. The third kappa shape index (κ3) is 5.09. The third-order valence-electron chi connectivity index (χ3n) is 8.69. The topological polar surface area (TPSA) is 118 Å². The molecule has 4 N–H and O–H groups in total. The van der Waals surface area contributed by atoms with Gasteiger partial charge < -0.3 is 39.4 Å². The fourth-order valence-electron chi connectivity index (χ4n) is 6.32. The van der Waals surface area contributed by atoms with E-state index in [0.29, 0.717) is 11.5 Å². The van der Waals surface area contributed by atoms with Crippen molar-refractivity contribution in [2.24, 2.45) is 10.8 Å². The molecule has 5 atom stereocenters. The number of aliphatic hydroxyl groups is 4. The lowest BCUT2D eigenvalue weighted by molar-refractivity contribution is -0.277. The van der Waals surface area contributed by atoms with Gasteiger partial charge in [0.1, 0.15) is 35.9 Å². The quantitative estimate of drug-likeness (QED) is 0.453. The van der Waals surface area contributed by atoms with E-state index in [1.165, 1.54) is 11.1 Å². The Balaban J connectivity index is 1.48. The van der Waals surface area contributed by atoms with Crippen LogP contribution in [0.4, 0.5) is 0 Å².